The van der Waals surface area contributed by atoms with Gasteiger partial charge in [-0.15, -0.1) is 0 Å². The average molecular weight is 290 g/mol. The van der Waals surface area contributed by atoms with Gasteiger partial charge in [0.05, 0.1) is 7.11 Å². The standard InChI is InChI=1S/C15H18N2O2S/c1-9-6-11(7-10(2)13(9)19-5)8-12-14(18)17(4)15(20)16(12)3/h6-8H,1-5H3/b12-8-. The van der Waals surface area contributed by atoms with Crippen molar-refractivity contribution < 1.29 is 9.53 Å². The molecule has 0 spiro atoms. The molecule has 106 valence electrons. The van der Waals surface area contributed by atoms with Crippen LogP contribution in [0.15, 0.2) is 17.8 Å². The minimum absolute atomic E-state index is 0.0800. The van der Waals surface area contributed by atoms with Gasteiger partial charge in [0.15, 0.2) is 5.11 Å². The minimum atomic E-state index is -0.0800. The zero-order valence-electron chi connectivity index (χ0n) is 12.4. The largest absolute Gasteiger partial charge is 0.496 e. The quantitative estimate of drug-likeness (QED) is 0.618. The highest BCUT2D eigenvalue weighted by molar-refractivity contribution is 7.80. The Morgan fingerprint density at radius 3 is 2.10 bits per heavy atom. The Morgan fingerprint density at radius 1 is 1.15 bits per heavy atom. The molecule has 1 aliphatic heterocycles. The van der Waals surface area contributed by atoms with Gasteiger partial charge in [-0.05, 0) is 61.0 Å². The Kier molecular flexibility index (Phi) is 3.81. The van der Waals surface area contributed by atoms with Crippen LogP contribution in [0.1, 0.15) is 16.7 Å². The molecule has 5 heteroatoms. The average Bonchev–Trinajstić information content (AvgIpc) is 2.56. The van der Waals surface area contributed by atoms with E-state index in [9.17, 15) is 4.79 Å². The molecule has 1 aromatic carbocycles. The number of thiocarbonyl (C=S) groups is 1. The number of rotatable bonds is 2. The fourth-order valence-electron chi connectivity index (χ4n) is 2.44. The number of amides is 1. The lowest BCUT2D eigenvalue weighted by molar-refractivity contribution is -0.121. The lowest BCUT2D eigenvalue weighted by Crippen LogP contribution is -2.26. The van der Waals surface area contributed by atoms with Gasteiger partial charge < -0.3 is 9.64 Å². The van der Waals surface area contributed by atoms with Gasteiger partial charge in [0.25, 0.3) is 5.91 Å². The molecule has 0 atom stereocenters. The van der Waals surface area contributed by atoms with Crippen molar-refractivity contribution in [2.45, 2.75) is 13.8 Å². The molecule has 1 heterocycles. The van der Waals surface area contributed by atoms with Crippen molar-refractivity contribution in [3.63, 3.8) is 0 Å². The molecule has 1 saturated heterocycles. The molecule has 1 fully saturated rings. The Bertz CT molecular complexity index is 599. The van der Waals surface area contributed by atoms with Crippen molar-refractivity contribution in [3.8, 4) is 5.75 Å². The van der Waals surface area contributed by atoms with Crippen LogP contribution < -0.4 is 4.74 Å². The Labute approximate surface area is 124 Å². The Morgan fingerprint density at radius 2 is 1.70 bits per heavy atom. The summed E-state index contributed by atoms with van der Waals surface area (Å²) in [6.07, 6.45) is 1.86. The van der Waals surface area contributed by atoms with Crippen molar-refractivity contribution in [2.24, 2.45) is 0 Å². The van der Waals surface area contributed by atoms with E-state index in [2.05, 4.69) is 0 Å². The third-order valence-electron chi connectivity index (χ3n) is 3.45. The van der Waals surface area contributed by atoms with Gasteiger partial charge in [-0.2, -0.15) is 0 Å². The zero-order valence-corrected chi connectivity index (χ0v) is 13.2. The van der Waals surface area contributed by atoms with E-state index in [4.69, 9.17) is 17.0 Å². The molecule has 20 heavy (non-hydrogen) atoms. The summed E-state index contributed by atoms with van der Waals surface area (Å²) in [5.74, 6) is 0.800. The van der Waals surface area contributed by atoms with Gasteiger partial charge in [-0.3, -0.25) is 9.69 Å². The van der Waals surface area contributed by atoms with Crippen molar-refractivity contribution in [1.29, 1.82) is 0 Å². The first-order valence-corrected chi connectivity index (χ1v) is 6.70. The SMILES string of the molecule is COc1c(C)cc(/C=C2/C(=O)N(C)C(=S)N2C)cc1C. The van der Waals surface area contributed by atoms with E-state index in [1.165, 1.54) is 4.90 Å². The molecule has 2 rings (SSSR count). The van der Waals surface area contributed by atoms with Crippen LogP contribution >= 0.6 is 12.2 Å². The van der Waals surface area contributed by atoms with Crippen molar-refractivity contribution in [3.05, 3.63) is 34.5 Å². The Balaban J connectivity index is 2.46. The molecule has 0 N–H and O–H groups in total. The first-order chi connectivity index (χ1) is 9.36. The number of methoxy groups -OCH3 is 1. The van der Waals surface area contributed by atoms with E-state index in [0.29, 0.717) is 10.8 Å². The minimum Gasteiger partial charge on any atom is -0.496 e. The number of carbonyl (C=O) groups is 1. The zero-order chi connectivity index (χ0) is 15.0. The van der Waals surface area contributed by atoms with E-state index in [1.54, 1.807) is 26.1 Å². The summed E-state index contributed by atoms with van der Waals surface area (Å²) >= 11 is 5.20. The molecule has 1 aliphatic rings. The highest BCUT2D eigenvalue weighted by Gasteiger charge is 2.32. The second kappa shape index (κ2) is 5.25. The molecule has 1 aromatic rings. The summed E-state index contributed by atoms with van der Waals surface area (Å²) in [6, 6.07) is 4.00. The predicted molar refractivity (Wildman–Crippen MR) is 83.6 cm³/mol. The molecule has 1 amide bonds. The highest BCUT2D eigenvalue weighted by Crippen LogP contribution is 2.27. The number of benzene rings is 1. The molecule has 0 unspecified atom stereocenters. The summed E-state index contributed by atoms with van der Waals surface area (Å²) in [6.45, 7) is 3.98. The number of aryl methyl sites for hydroxylation is 2. The number of hydrogen-bond acceptors (Lipinski definition) is 3. The molecule has 0 aromatic heterocycles. The summed E-state index contributed by atoms with van der Waals surface area (Å²) in [7, 11) is 5.15. The highest BCUT2D eigenvalue weighted by atomic mass is 32.1. The third-order valence-corrected chi connectivity index (χ3v) is 4.00. The van der Waals surface area contributed by atoms with Gasteiger partial charge in [0.1, 0.15) is 11.4 Å². The smallest absolute Gasteiger partial charge is 0.276 e. The van der Waals surface area contributed by atoms with E-state index < -0.39 is 0 Å². The first-order valence-electron chi connectivity index (χ1n) is 6.29. The number of carbonyl (C=O) groups excluding carboxylic acids is 1. The third kappa shape index (κ3) is 2.29. The van der Waals surface area contributed by atoms with Gasteiger partial charge in [0.2, 0.25) is 0 Å². The number of hydrogen-bond donors (Lipinski definition) is 0. The Hall–Kier alpha value is -1.88. The van der Waals surface area contributed by atoms with E-state index in [1.807, 2.05) is 32.1 Å². The second-order valence-electron chi connectivity index (χ2n) is 4.92. The van der Waals surface area contributed by atoms with Crippen LogP contribution in [0.3, 0.4) is 0 Å². The molecule has 0 saturated carbocycles. The summed E-state index contributed by atoms with van der Waals surface area (Å²) < 4.78 is 5.35. The lowest BCUT2D eigenvalue weighted by Gasteiger charge is -2.12. The number of nitrogens with zero attached hydrogens (tertiary/aromatic N) is 2. The van der Waals surface area contributed by atoms with Crippen LogP contribution in [0, 0.1) is 13.8 Å². The van der Waals surface area contributed by atoms with Gasteiger partial charge >= 0.3 is 0 Å². The molecule has 0 radical (unpaired) electrons. The normalized spacial score (nSPS) is 17.4. The summed E-state index contributed by atoms with van der Waals surface area (Å²) in [5.41, 5.74) is 3.64. The summed E-state index contributed by atoms with van der Waals surface area (Å²) in [4.78, 5) is 15.3. The van der Waals surface area contributed by atoms with Crippen LogP contribution in [0.5, 0.6) is 5.75 Å². The monoisotopic (exact) mass is 290 g/mol. The first kappa shape index (κ1) is 14.5. The van der Waals surface area contributed by atoms with Crippen molar-refractivity contribution >= 4 is 29.3 Å². The maximum Gasteiger partial charge on any atom is 0.276 e. The fraction of sp³-hybridized carbons (Fsp3) is 0.333. The van der Waals surface area contributed by atoms with E-state index in [0.717, 1.165) is 22.4 Å². The topological polar surface area (TPSA) is 32.8 Å². The van der Waals surface area contributed by atoms with Crippen LogP contribution in [0.25, 0.3) is 6.08 Å². The lowest BCUT2D eigenvalue weighted by atomic mass is 10.0. The second-order valence-corrected chi connectivity index (χ2v) is 5.29. The maximum absolute atomic E-state index is 12.1. The number of likely N-dealkylation sites (N-methyl/N-ethyl adjacent to an activating group) is 2. The van der Waals surface area contributed by atoms with Crippen LogP contribution in [0.4, 0.5) is 0 Å². The van der Waals surface area contributed by atoms with Gasteiger partial charge in [-0.1, -0.05) is 0 Å². The number of ether oxygens (including phenoxy) is 1. The van der Waals surface area contributed by atoms with Gasteiger partial charge in [-0.25, -0.2) is 0 Å². The maximum atomic E-state index is 12.1. The van der Waals surface area contributed by atoms with Crippen LogP contribution in [0.2, 0.25) is 0 Å². The fourth-order valence-corrected chi connectivity index (χ4v) is 2.62. The van der Waals surface area contributed by atoms with Crippen LogP contribution in [-0.2, 0) is 4.79 Å². The molecule has 0 aliphatic carbocycles. The molecular formula is C15H18N2O2S. The molecule has 0 bridgehead atoms. The van der Waals surface area contributed by atoms with Crippen molar-refractivity contribution in [1.82, 2.24) is 9.80 Å². The summed E-state index contributed by atoms with van der Waals surface area (Å²) in [5, 5.41) is 0.517. The predicted octanol–water partition coefficient (Wildman–Crippen LogP) is 2.34. The van der Waals surface area contributed by atoms with E-state index >= 15 is 0 Å². The van der Waals surface area contributed by atoms with E-state index in [-0.39, 0.29) is 5.91 Å². The molecule has 4 nitrogen and oxygen atoms in total. The van der Waals surface area contributed by atoms with Gasteiger partial charge in [0, 0.05) is 14.1 Å². The van der Waals surface area contributed by atoms with Crippen LogP contribution in [-0.4, -0.2) is 42.0 Å². The molecular weight excluding hydrogens is 272 g/mol. The van der Waals surface area contributed by atoms with Crippen molar-refractivity contribution in [2.75, 3.05) is 21.2 Å².